The average molecular weight is 290 g/mol. The van der Waals surface area contributed by atoms with Crippen LogP contribution in [0.15, 0.2) is 18.2 Å². The lowest BCUT2D eigenvalue weighted by atomic mass is 9.91. The second kappa shape index (κ2) is 6.48. The predicted octanol–water partition coefficient (Wildman–Crippen LogP) is 2.27. The van der Waals surface area contributed by atoms with Gasteiger partial charge in [0.2, 0.25) is 0 Å². The Morgan fingerprint density at radius 2 is 2.19 bits per heavy atom. The van der Waals surface area contributed by atoms with Crippen LogP contribution < -0.4 is 10.5 Å². The van der Waals surface area contributed by atoms with Crippen molar-refractivity contribution in [1.82, 2.24) is 4.90 Å². The molecule has 1 aliphatic heterocycles. The summed E-state index contributed by atoms with van der Waals surface area (Å²) < 4.78 is 5.95. The molecule has 1 aromatic rings. The topological polar surface area (TPSA) is 55.6 Å². The molecule has 116 valence electrons. The summed E-state index contributed by atoms with van der Waals surface area (Å²) in [5.41, 5.74) is 8.00. The van der Waals surface area contributed by atoms with E-state index in [1.165, 1.54) is 11.1 Å². The lowest BCUT2D eigenvalue weighted by Crippen LogP contribution is -2.57. The zero-order valence-corrected chi connectivity index (χ0v) is 13.4. The van der Waals surface area contributed by atoms with Crippen molar-refractivity contribution in [3.63, 3.8) is 0 Å². The van der Waals surface area contributed by atoms with E-state index in [0.29, 0.717) is 6.04 Å². The molecule has 0 saturated carbocycles. The number of nitrogens with zero attached hydrogens (tertiary/aromatic N) is 1. The summed E-state index contributed by atoms with van der Waals surface area (Å²) in [5, 5.41) is 0. The molecule has 4 heteroatoms. The summed E-state index contributed by atoms with van der Waals surface area (Å²) >= 11 is 0. The minimum atomic E-state index is -0.576. The Bertz CT molecular complexity index is 514. The van der Waals surface area contributed by atoms with E-state index < -0.39 is 6.10 Å². The molecule has 1 aliphatic rings. The molecule has 0 aliphatic carbocycles. The number of rotatable bonds is 5. The fraction of sp³-hybridized carbons (Fsp3) is 0.588. The van der Waals surface area contributed by atoms with Crippen LogP contribution in [0.3, 0.4) is 0 Å². The highest BCUT2D eigenvalue weighted by molar-refractivity contribution is 5.80. The van der Waals surface area contributed by atoms with Crippen molar-refractivity contribution in [1.29, 1.82) is 0 Å². The van der Waals surface area contributed by atoms with Crippen LogP contribution in [0.4, 0.5) is 0 Å². The molecular weight excluding hydrogens is 264 g/mol. The Labute approximate surface area is 127 Å². The molecule has 4 nitrogen and oxygen atoms in total. The highest BCUT2D eigenvalue weighted by atomic mass is 16.5. The standard InChI is InChI=1S/C17H26N2O2/c1-5-9-19(11(2)3)14-10-13-12(4)7-6-8-15(13)21-16(14)17(18)20/h6-8,11,14,16H,5,9-10H2,1-4H3,(H2,18,20). The van der Waals surface area contributed by atoms with Crippen LogP contribution in [-0.4, -0.2) is 35.5 Å². The maximum Gasteiger partial charge on any atom is 0.260 e. The Morgan fingerprint density at radius 3 is 2.76 bits per heavy atom. The van der Waals surface area contributed by atoms with Gasteiger partial charge >= 0.3 is 0 Å². The van der Waals surface area contributed by atoms with Gasteiger partial charge in [-0.25, -0.2) is 0 Å². The van der Waals surface area contributed by atoms with E-state index >= 15 is 0 Å². The summed E-state index contributed by atoms with van der Waals surface area (Å²) in [4.78, 5) is 14.2. The number of ether oxygens (including phenoxy) is 1. The third-order valence-corrected chi connectivity index (χ3v) is 4.24. The Hall–Kier alpha value is -1.55. The minimum Gasteiger partial charge on any atom is -0.479 e. The van der Waals surface area contributed by atoms with Crippen LogP contribution in [-0.2, 0) is 11.2 Å². The Morgan fingerprint density at radius 1 is 1.48 bits per heavy atom. The van der Waals surface area contributed by atoms with Gasteiger partial charge in [-0.3, -0.25) is 9.69 Å². The lowest BCUT2D eigenvalue weighted by Gasteiger charge is -2.41. The van der Waals surface area contributed by atoms with Gasteiger partial charge in [0.1, 0.15) is 5.75 Å². The van der Waals surface area contributed by atoms with Gasteiger partial charge in [-0.1, -0.05) is 19.1 Å². The van der Waals surface area contributed by atoms with Gasteiger partial charge < -0.3 is 10.5 Å². The van der Waals surface area contributed by atoms with Gasteiger partial charge in [0.25, 0.3) is 5.91 Å². The third-order valence-electron chi connectivity index (χ3n) is 4.24. The average Bonchev–Trinajstić information content (AvgIpc) is 2.43. The van der Waals surface area contributed by atoms with Gasteiger partial charge in [0.05, 0.1) is 6.04 Å². The quantitative estimate of drug-likeness (QED) is 0.905. The summed E-state index contributed by atoms with van der Waals surface area (Å²) in [6.07, 6.45) is 1.28. The number of benzene rings is 1. The molecule has 1 aromatic carbocycles. The molecule has 21 heavy (non-hydrogen) atoms. The number of hydrogen-bond acceptors (Lipinski definition) is 3. The lowest BCUT2D eigenvalue weighted by molar-refractivity contribution is -0.129. The van der Waals surface area contributed by atoms with Crippen LogP contribution in [0.2, 0.25) is 0 Å². The van der Waals surface area contributed by atoms with Crippen molar-refractivity contribution in [3.05, 3.63) is 29.3 Å². The molecule has 0 spiro atoms. The van der Waals surface area contributed by atoms with E-state index in [2.05, 4.69) is 38.7 Å². The summed E-state index contributed by atoms with van der Waals surface area (Å²) in [5.74, 6) is 0.421. The predicted molar refractivity (Wildman–Crippen MR) is 84.4 cm³/mol. The highest BCUT2D eigenvalue weighted by Gasteiger charge is 2.38. The van der Waals surface area contributed by atoms with Crippen LogP contribution in [0, 0.1) is 6.92 Å². The van der Waals surface area contributed by atoms with E-state index in [0.717, 1.165) is 25.1 Å². The molecule has 1 amide bonds. The molecule has 2 N–H and O–H groups in total. The summed E-state index contributed by atoms with van der Waals surface area (Å²) in [6, 6.07) is 6.33. The van der Waals surface area contributed by atoms with Crippen molar-refractivity contribution >= 4 is 5.91 Å². The fourth-order valence-electron chi connectivity index (χ4n) is 3.18. The number of amides is 1. The van der Waals surface area contributed by atoms with Crippen molar-refractivity contribution in [2.45, 2.75) is 58.7 Å². The van der Waals surface area contributed by atoms with E-state index in [1.807, 2.05) is 12.1 Å². The first-order valence-corrected chi connectivity index (χ1v) is 7.75. The Balaban J connectivity index is 2.38. The van der Waals surface area contributed by atoms with Crippen molar-refractivity contribution < 1.29 is 9.53 Å². The SMILES string of the molecule is CCCN(C(C)C)C1Cc2c(C)cccc2OC1C(N)=O. The van der Waals surface area contributed by atoms with Crippen LogP contribution in [0.5, 0.6) is 5.75 Å². The first-order valence-electron chi connectivity index (χ1n) is 7.75. The van der Waals surface area contributed by atoms with Gasteiger partial charge in [0, 0.05) is 6.04 Å². The molecule has 2 rings (SSSR count). The van der Waals surface area contributed by atoms with Crippen LogP contribution >= 0.6 is 0 Å². The van der Waals surface area contributed by atoms with E-state index in [9.17, 15) is 4.79 Å². The van der Waals surface area contributed by atoms with Crippen molar-refractivity contribution in [3.8, 4) is 5.75 Å². The molecule has 0 aromatic heterocycles. The molecule has 0 bridgehead atoms. The smallest absolute Gasteiger partial charge is 0.260 e. The second-order valence-electron chi connectivity index (χ2n) is 6.10. The number of nitrogens with two attached hydrogens (primary N) is 1. The zero-order valence-electron chi connectivity index (χ0n) is 13.4. The normalized spacial score (nSPS) is 21.2. The molecule has 0 radical (unpaired) electrons. The zero-order chi connectivity index (χ0) is 15.6. The molecule has 0 saturated heterocycles. The minimum absolute atomic E-state index is 0.0102. The Kier molecular flexibility index (Phi) is 4.88. The molecule has 2 atom stereocenters. The van der Waals surface area contributed by atoms with Crippen molar-refractivity contribution in [2.24, 2.45) is 5.73 Å². The second-order valence-corrected chi connectivity index (χ2v) is 6.10. The maximum atomic E-state index is 11.9. The first kappa shape index (κ1) is 15.8. The monoisotopic (exact) mass is 290 g/mol. The van der Waals surface area contributed by atoms with Crippen molar-refractivity contribution in [2.75, 3.05) is 6.54 Å². The third kappa shape index (κ3) is 3.21. The maximum absolute atomic E-state index is 11.9. The number of primary amides is 1. The van der Waals surface area contributed by atoms with E-state index in [-0.39, 0.29) is 11.9 Å². The van der Waals surface area contributed by atoms with E-state index in [4.69, 9.17) is 10.5 Å². The fourth-order valence-corrected chi connectivity index (χ4v) is 3.18. The molecule has 0 fully saturated rings. The van der Waals surface area contributed by atoms with E-state index in [1.54, 1.807) is 0 Å². The first-order chi connectivity index (χ1) is 9.95. The number of carbonyl (C=O) groups is 1. The molecular formula is C17H26N2O2. The van der Waals surface area contributed by atoms with Gasteiger partial charge in [-0.15, -0.1) is 0 Å². The molecule has 2 unspecified atom stereocenters. The highest BCUT2D eigenvalue weighted by Crippen LogP contribution is 2.32. The van der Waals surface area contributed by atoms with Crippen LogP contribution in [0.25, 0.3) is 0 Å². The van der Waals surface area contributed by atoms with Gasteiger partial charge in [-0.2, -0.15) is 0 Å². The number of hydrogen-bond donors (Lipinski definition) is 1. The summed E-state index contributed by atoms with van der Waals surface area (Å²) in [6.45, 7) is 9.49. The number of aryl methyl sites for hydroxylation is 1. The van der Waals surface area contributed by atoms with Crippen LogP contribution in [0.1, 0.15) is 38.3 Å². The number of fused-ring (bicyclic) bond motifs is 1. The van der Waals surface area contributed by atoms with Gasteiger partial charge in [0.15, 0.2) is 6.10 Å². The number of carbonyl (C=O) groups excluding carboxylic acids is 1. The molecule has 1 heterocycles. The van der Waals surface area contributed by atoms with Gasteiger partial charge in [-0.05, 0) is 57.4 Å². The largest absolute Gasteiger partial charge is 0.479 e. The summed E-state index contributed by atoms with van der Waals surface area (Å²) in [7, 11) is 0.